The highest BCUT2D eigenvalue weighted by Gasteiger charge is 2.25. The van der Waals surface area contributed by atoms with Crippen molar-refractivity contribution in [3.63, 3.8) is 0 Å². The number of rotatable bonds is 8. The van der Waals surface area contributed by atoms with Crippen LogP contribution in [0.15, 0.2) is 41.6 Å². The molecule has 1 atom stereocenters. The first-order valence-corrected chi connectivity index (χ1v) is 12.5. The van der Waals surface area contributed by atoms with Gasteiger partial charge in [-0.2, -0.15) is 0 Å². The Morgan fingerprint density at radius 3 is 2.41 bits per heavy atom. The van der Waals surface area contributed by atoms with Crippen LogP contribution in [0.4, 0.5) is 5.69 Å². The molecule has 2 amide bonds. The van der Waals surface area contributed by atoms with Gasteiger partial charge >= 0.3 is 0 Å². The molecule has 0 saturated carbocycles. The summed E-state index contributed by atoms with van der Waals surface area (Å²) >= 11 is 13.3. The van der Waals surface area contributed by atoms with Crippen LogP contribution in [-0.4, -0.2) is 32.3 Å². The van der Waals surface area contributed by atoms with E-state index >= 15 is 0 Å². The van der Waals surface area contributed by atoms with Crippen LogP contribution in [-0.2, 0) is 11.8 Å². The number of anilines is 1. The Morgan fingerprint density at radius 2 is 1.76 bits per heavy atom. The van der Waals surface area contributed by atoms with Crippen LogP contribution >= 0.6 is 35.0 Å². The molecule has 2 aromatic carbocycles. The SMILES string of the molecule is Cc1ccc(NC(=O)CSc2nnc([C@@H](NC(=O)c3ccc(Cl)c(Cl)c3)C(C)C)n2C)cc1C. The molecule has 0 spiro atoms. The van der Waals surface area contributed by atoms with Crippen LogP contribution in [0.3, 0.4) is 0 Å². The van der Waals surface area contributed by atoms with Crippen LogP contribution < -0.4 is 10.6 Å². The second-order valence-electron chi connectivity index (χ2n) is 8.36. The molecule has 10 heteroatoms. The molecular weight excluding hydrogens is 493 g/mol. The molecule has 7 nitrogen and oxygen atoms in total. The maximum Gasteiger partial charge on any atom is 0.251 e. The van der Waals surface area contributed by atoms with Crippen molar-refractivity contribution in [2.75, 3.05) is 11.1 Å². The first kappa shape index (κ1) is 26.1. The highest BCUT2D eigenvalue weighted by atomic mass is 35.5. The number of carbonyl (C=O) groups is 2. The van der Waals surface area contributed by atoms with Gasteiger partial charge in [0, 0.05) is 18.3 Å². The second-order valence-corrected chi connectivity index (χ2v) is 10.1. The third-order valence-electron chi connectivity index (χ3n) is 5.40. The maximum absolute atomic E-state index is 12.8. The van der Waals surface area contributed by atoms with Crippen molar-refractivity contribution in [2.24, 2.45) is 13.0 Å². The zero-order chi connectivity index (χ0) is 25.0. The Bertz CT molecular complexity index is 1210. The van der Waals surface area contributed by atoms with E-state index in [4.69, 9.17) is 23.2 Å². The minimum absolute atomic E-state index is 0.0422. The predicted octanol–water partition coefficient (Wildman–Crippen LogP) is 5.60. The first-order valence-electron chi connectivity index (χ1n) is 10.7. The van der Waals surface area contributed by atoms with Crippen molar-refractivity contribution in [3.8, 4) is 0 Å². The van der Waals surface area contributed by atoms with Gasteiger partial charge in [0.2, 0.25) is 5.91 Å². The van der Waals surface area contributed by atoms with E-state index in [1.54, 1.807) is 16.7 Å². The third-order valence-corrected chi connectivity index (χ3v) is 7.16. The molecule has 34 heavy (non-hydrogen) atoms. The van der Waals surface area contributed by atoms with Gasteiger partial charge in [-0.05, 0) is 61.2 Å². The van der Waals surface area contributed by atoms with Gasteiger partial charge in [-0.15, -0.1) is 10.2 Å². The van der Waals surface area contributed by atoms with Gasteiger partial charge in [0.1, 0.15) is 0 Å². The lowest BCUT2D eigenvalue weighted by Gasteiger charge is -2.22. The van der Waals surface area contributed by atoms with E-state index in [9.17, 15) is 9.59 Å². The third kappa shape index (κ3) is 6.31. The summed E-state index contributed by atoms with van der Waals surface area (Å²) in [5.74, 6) is 0.398. The lowest BCUT2D eigenvalue weighted by Crippen LogP contribution is -2.33. The molecule has 0 aliphatic carbocycles. The fourth-order valence-corrected chi connectivity index (χ4v) is 4.28. The highest BCUT2D eigenvalue weighted by molar-refractivity contribution is 7.99. The van der Waals surface area contributed by atoms with Gasteiger partial charge in [0.25, 0.3) is 5.91 Å². The Balaban J connectivity index is 1.67. The molecule has 3 rings (SSSR count). The number of carbonyl (C=O) groups excluding carboxylic acids is 2. The van der Waals surface area contributed by atoms with Crippen LogP contribution in [0.25, 0.3) is 0 Å². The van der Waals surface area contributed by atoms with Gasteiger partial charge in [-0.3, -0.25) is 9.59 Å². The number of aryl methyl sites for hydroxylation is 2. The number of halogens is 2. The summed E-state index contributed by atoms with van der Waals surface area (Å²) in [6, 6.07) is 10.2. The minimum atomic E-state index is -0.391. The summed E-state index contributed by atoms with van der Waals surface area (Å²) in [6.45, 7) is 8.00. The molecule has 0 saturated heterocycles. The van der Waals surface area contributed by atoms with Gasteiger partial charge in [-0.1, -0.05) is 54.9 Å². The molecule has 1 heterocycles. The number of nitrogens with zero attached hydrogens (tertiary/aromatic N) is 3. The fraction of sp³-hybridized carbons (Fsp3) is 0.333. The fourth-order valence-electron chi connectivity index (χ4n) is 3.26. The molecule has 0 fully saturated rings. The topological polar surface area (TPSA) is 88.9 Å². The standard InChI is InChI=1S/C24H27Cl2N5O2S/c1-13(2)21(28-23(33)16-7-9-18(25)19(26)11-16)22-29-30-24(31(22)5)34-12-20(32)27-17-8-6-14(3)15(4)10-17/h6-11,13,21H,12H2,1-5H3,(H,27,32)(H,28,33)/t21-/m0/s1. The van der Waals surface area contributed by atoms with Crippen molar-refractivity contribution >= 4 is 52.5 Å². The number of aromatic nitrogens is 3. The largest absolute Gasteiger partial charge is 0.342 e. The zero-order valence-corrected chi connectivity index (χ0v) is 22.0. The molecule has 0 aliphatic rings. The highest BCUT2D eigenvalue weighted by Crippen LogP contribution is 2.26. The molecule has 0 aliphatic heterocycles. The van der Waals surface area contributed by atoms with Crippen molar-refractivity contribution in [2.45, 2.75) is 38.9 Å². The van der Waals surface area contributed by atoms with E-state index in [1.807, 2.05) is 52.9 Å². The molecule has 1 aromatic heterocycles. The molecular formula is C24H27Cl2N5O2S. The smallest absolute Gasteiger partial charge is 0.251 e. The number of thioether (sulfide) groups is 1. The summed E-state index contributed by atoms with van der Waals surface area (Å²) in [7, 11) is 1.82. The predicted molar refractivity (Wildman–Crippen MR) is 138 cm³/mol. The van der Waals surface area contributed by atoms with E-state index in [-0.39, 0.29) is 23.5 Å². The van der Waals surface area contributed by atoms with E-state index in [2.05, 4.69) is 20.8 Å². The number of hydrogen-bond acceptors (Lipinski definition) is 5. The lowest BCUT2D eigenvalue weighted by molar-refractivity contribution is -0.113. The number of nitrogens with one attached hydrogen (secondary N) is 2. The van der Waals surface area contributed by atoms with E-state index in [0.29, 0.717) is 26.6 Å². The summed E-state index contributed by atoms with van der Waals surface area (Å²) in [5.41, 5.74) is 3.45. The molecule has 0 unspecified atom stereocenters. The summed E-state index contributed by atoms with van der Waals surface area (Å²) in [5, 5.41) is 15.7. The minimum Gasteiger partial charge on any atom is -0.342 e. The van der Waals surface area contributed by atoms with Crippen molar-refractivity contribution in [3.05, 3.63) is 69.0 Å². The first-order chi connectivity index (χ1) is 16.1. The Labute approximate surface area is 213 Å². The van der Waals surface area contributed by atoms with Crippen LogP contribution in [0, 0.1) is 19.8 Å². The van der Waals surface area contributed by atoms with Gasteiger partial charge in [0.15, 0.2) is 11.0 Å². The number of hydrogen-bond donors (Lipinski definition) is 2. The zero-order valence-electron chi connectivity index (χ0n) is 19.6. The van der Waals surface area contributed by atoms with Crippen LogP contribution in [0.5, 0.6) is 0 Å². The molecule has 2 N–H and O–H groups in total. The maximum atomic E-state index is 12.8. The molecule has 180 valence electrons. The Morgan fingerprint density at radius 1 is 1.03 bits per heavy atom. The van der Waals surface area contributed by atoms with Crippen LogP contribution in [0.1, 0.15) is 47.2 Å². The number of amides is 2. The number of benzene rings is 2. The van der Waals surface area contributed by atoms with Gasteiger partial charge in [-0.25, -0.2) is 0 Å². The lowest BCUT2D eigenvalue weighted by atomic mass is 10.0. The summed E-state index contributed by atoms with van der Waals surface area (Å²) in [6.07, 6.45) is 0. The molecule has 3 aromatic rings. The Hall–Kier alpha value is -2.55. The van der Waals surface area contributed by atoms with Crippen molar-refractivity contribution in [1.29, 1.82) is 0 Å². The van der Waals surface area contributed by atoms with Crippen molar-refractivity contribution < 1.29 is 9.59 Å². The van der Waals surface area contributed by atoms with Crippen molar-refractivity contribution in [1.82, 2.24) is 20.1 Å². The normalized spacial score (nSPS) is 12.0. The summed E-state index contributed by atoms with van der Waals surface area (Å²) in [4.78, 5) is 25.2. The Kier molecular flexibility index (Phi) is 8.62. The quantitative estimate of drug-likeness (QED) is 0.378. The van der Waals surface area contributed by atoms with E-state index < -0.39 is 6.04 Å². The van der Waals surface area contributed by atoms with E-state index in [1.165, 1.54) is 23.4 Å². The monoisotopic (exact) mass is 519 g/mol. The second kappa shape index (κ2) is 11.3. The average molecular weight is 520 g/mol. The average Bonchev–Trinajstić information content (AvgIpc) is 3.14. The van der Waals surface area contributed by atoms with Crippen LogP contribution in [0.2, 0.25) is 10.0 Å². The molecule has 0 bridgehead atoms. The molecule has 0 radical (unpaired) electrons. The van der Waals surface area contributed by atoms with E-state index in [0.717, 1.165) is 11.3 Å². The van der Waals surface area contributed by atoms with Gasteiger partial charge < -0.3 is 15.2 Å². The summed E-state index contributed by atoms with van der Waals surface area (Å²) < 4.78 is 1.80. The van der Waals surface area contributed by atoms with Gasteiger partial charge in [0.05, 0.1) is 21.8 Å².